The summed E-state index contributed by atoms with van der Waals surface area (Å²) in [5, 5.41) is 0. The van der Waals surface area contributed by atoms with Gasteiger partial charge in [-0.25, -0.2) is 0 Å². The van der Waals surface area contributed by atoms with Crippen LogP contribution in [0.5, 0.6) is 0 Å². The summed E-state index contributed by atoms with van der Waals surface area (Å²) in [4.78, 5) is 0. The largest absolute Gasteiger partial charge is 0.0654 e. The highest BCUT2D eigenvalue weighted by Crippen LogP contribution is 2.43. The maximum atomic E-state index is 4.07. The summed E-state index contributed by atoms with van der Waals surface area (Å²) < 4.78 is 0. The Kier molecular flexibility index (Phi) is 7.30. The molecule has 0 amide bonds. The van der Waals surface area contributed by atoms with Gasteiger partial charge in [0, 0.05) is 0 Å². The van der Waals surface area contributed by atoms with E-state index < -0.39 is 0 Å². The minimum Gasteiger partial charge on any atom is -0.0654 e. The topological polar surface area (TPSA) is 0 Å². The average molecular weight is 211 g/mol. The summed E-state index contributed by atoms with van der Waals surface area (Å²) >= 11 is 0. The lowest BCUT2D eigenvalue weighted by Crippen LogP contribution is -2.29. The molecule has 0 bridgehead atoms. The Bertz CT molecular complexity index is 146. The second-order valence-electron chi connectivity index (χ2n) is 5.82. The zero-order chi connectivity index (χ0) is 11.9. The molecule has 0 aromatic rings. The van der Waals surface area contributed by atoms with E-state index in [4.69, 9.17) is 0 Å². The van der Waals surface area contributed by atoms with Crippen LogP contribution in [0.15, 0.2) is 0 Å². The third-order valence-corrected chi connectivity index (χ3v) is 3.74. The van der Waals surface area contributed by atoms with Crippen molar-refractivity contribution in [1.29, 1.82) is 0 Å². The molecule has 0 heterocycles. The summed E-state index contributed by atoms with van der Waals surface area (Å²) in [6.07, 6.45) is 7.88. The van der Waals surface area contributed by atoms with E-state index in [0.29, 0.717) is 5.41 Å². The molecule has 0 saturated carbocycles. The van der Waals surface area contributed by atoms with Crippen molar-refractivity contribution in [3.8, 4) is 0 Å². The molecule has 0 aromatic heterocycles. The van der Waals surface area contributed by atoms with E-state index >= 15 is 0 Å². The first-order valence-electron chi connectivity index (χ1n) is 6.77. The van der Waals surface area contributed by atoms with Crippen molar-refractivity contribution in [2.24, 2.45) is 17.3 Å². The standard InChI is InChI=1S/C15H31/c1-7-9-11-15(10-8-2,14(5)6)12-13(3)4/h13-14H,2,7-12H2,1,3-6H3. The second kappa shape index (κ2) is 7.30. The molecule has 0 aliphatic rings. The van der Waals surface area contributed by atoms with Crippen molar-refractivity contribution in [3.63, 3.8) is 0 Å². The van der Waals surface area contributed by atoms with Crippen LogP contribution in [0.2, 0.25) is 0 Å². The summed E-state index contributed by atoms with van der Waals surface area (Å²) in [7, 11) is 0. The number of hydrogen-bond acceptors (Lipinski definition) is 0. The fourth-order valence-electron chi connectivity index (χ4n) is 2.84. The van der Waals surface area contributed by atoms with Crippen molar-refractivity contribution in [2.45, 2.75) is 73.1 Å². The first-order valence-corrected chi connectivity index (χ1v) is 6.77. The molecule has 0 rings (SSSR count). The van der Waals surface area contributed by atoms with Crippen molar-refractivity contribution in [1.82, 2.24) is 0 Å². The molecule has 0 spiro atoms. The number of unbranched alkanes of at least 4 members (excludes halogenated alkanes) is 1. The normalized spacial score (nSPS) is 16.0. The van der Waals surface area contributed by atoms with Crippen LogP contribution < -0.4 is 0 Å². The Balaban J connectivity index is 4.56. The molecule has 0 aromatic carbocycles. The predicted molar refractivity (Wildman–Crippen MR) is 70.8 cm³/mol. The highest BCUT2D eigenvalue weighted by molar-refractivity contribution is 4.83. The van der Waals surface area contributed by atoms with Crippen LogP contribution in [0, 0.1) is 24.2 Å². The summed E-state index contributed by atoms with van der Waals surface area (Å²) in [5.41, 5.74) is 0.561. The van der Waals surface area contributed by atoms with E-state index in [-0.39, 0.29) is 0 Å². The van der Waals surface area contributed by atoms with Gasteiger partial charge >= 0.3 is 0 Å². The first-order chi connectivity index (χ1) is 6.98. The first kappa shape index (κ1) is 15.0. The average Bonchev–Trinajstić information content (AvgIpc) is 2.13. The molecule has 0 aliphatic carbocycles. The second-order valence-corrected chi connectivity index (χ2v) is 5.82. The number of rotatable bonds is 8. The van der Waals surface area contributed by atoms with Gasteiger partial charge in [-0.2, -0.15) is 0 Å². The van der Waals surface area contributed by atoms with E-state index in [9.17, 15) is 0 Å². The summed E-state index contributed by atoms with van der Waals surface area (Å²) in [5.74, 6) is 1.61. The zero-order valence-electron chi connectivity index (χ0n) is 11.6. The highest BCUT2D eigenvalue weighted by atomic mass is 14.4. The summed E-state index contributed by atoms with van der Waals surface area (Å²) in [6.45, 7) is 15.9. The number of hydrogen-bond donors (Lipinski definition) is 0. The van der Waals surface area contributed by atoms with Gasteiger partial charge in [-0.05, 0) is 36.5 Å². The van der Waals surface area contributed by atoms with Crippen molar-refractivity contribution < 1.29 is 0 Å². The van der Waals surface area contributed by atoms with Gasteiger partial charge in [-0.15, -0.1) is 0 Å². The Morgan fingerprint density at radius 3 is 2.00 bits per heavy atom. The van der Waals surface area contributed by atoms with Gasteiger partial charge < -0.3 is 0 Å². The van der Waals surface area contributed by atoms with Crippen LogP contribution in [-0.4, -0.2) is 0 Å². The molecule has 0 saturated heterocycles. The Labute approximate surface area is 97.8 Å². The van der Waals surface area contributed by atoms with Crippen LogP contribution in [0.3, 0.4) is 0 Å². The SMILES string of the molecule is [CH2]CCC(CCCC)(CC(C)C)C(C)C. The van der Waals surface area contributed by atoms with E-state index in [1.54, 1.807) is 0 Å². The van der Waals surface area contributed by atoms with Gasteiger partial charge in [0.1, 0.15) is 0 Å². The lowest BCUT2D eigenvalue weighted by atomic mass is 9.66. The van der Waals surface area contributed by atoms with Gasteiger partial charge in [0.15, 0.2) is 0 Å². The summed E-state index contributed by atoms with van der Waals surface area (Å²) in [6, 6.07) is 0. The molecule has 0 heteroatoms. The molecule has 1 atom stereocenters. The van der Waals surface area contributed by atoms with Gasteiger partial charge in [-0.3, -0.25) is 0 Å². The minimum absolute atomic E-state index is 0.561. The molecule has 0 nitrogen and oxygen atoms in total. The van der Waals surface area contributed by atoms with Crippen LogP contribution in [0.1, 0.15) is 73.1 Å². The van der Waals surface area contributed by atoms with Gasteiger partial charge in [0.2, 0.25) is 0 Å². The fourth-order valence-corrected chi connectivity index (χ4v) is 2.84. The highest BCUT2D eigenvalue weighted by Gasteiger charge is 2.32. The van der Waals surface area contributed by atoms with Gasteiger partial charge in [-0.1, -0.05) is 60.8 Å². The maximum absolute atomic E-state index is 4.07. The van der Waals surface area contributed by atoms with Crippen LogP contribution in [0.25, 0.3) is 0 Å². The van der Waals surface area contributed by atoms with E-state index in [2.05, 4.69) is 41.5 Å². The monoisotopic (exact) mass is 211 g/mol. The van der Waals surface area contributed by atoms with Crippen molar-refractivity contribution in [3.05, 3.63) is 6.92 Å². The zero-order valence-corrected chi connectivity index (χ0v) is 11.6. The van der Waals surface area contributed by atoms with Crippen LogP contribution >= 0.6 is 0 Å². The van der Waals surface area contributed by atoms with Crippen LogP contribution in [0.4, 0.5) is 0 Å². The van der Waals surface area contributed by atoms with E-state index in [1.807, 2.05) is 0 Å². The van der Waals surface area contributed by atoms with E-state index in [0.717, 1.165) is 18.3 Å². The molecule has 0 fully saturated rings. The quantitative estimate of drug-likeness (QED) is 0.499. The Hall–Kier alpha value is 0. The van der Waals surface area contributed by atoms with Gasteiger partial charge in [0.25, 0.3) is 0 Å². The lowest BCUT2D eigenvalue weighted by molar-refractivity contribution is 0.115. The molecule has 15 heavy (non-hydrogen) atoms. The lowest BCUT2D eigenvalue weighted by Gasteiger charge is -2.39. The third-order valence-electron chi connectivity index (χ3n) is 3.74. The molecule has 0 N–H and O–H groups in total. The Morgan fingerprint density at radius 1 is 1.07 bits per heavy atom. The smallest absolute Gasteiger partial charge is 0.0272 e. The molecular weight excluding hydrogens is 180 g/mol. The fraction of sp³-hybridized carbons (Fsp3) is 0.933. The minimum atomic E-state index is 0.561. The van der Waals surface area contributed by atoms with Crippen LogP contribution in [-0.2, 0) is 0 Å². The van der Waals surface area contributed by atoms with Gasteiger partial charge in [0.05, 0.1) is 0 Å². The van der Waals surface area contributed by atoms with Crippen molar-refractivity contribution >= 4 is 0 Å². The molecule has 1 radical (unpaired) electrons. The third kappa shape index (κ3) is 5.04. The molecule has 91 valence electrons. The molecule has 1 unspecified atom stereocenters. The van der Waals surface area contributed by atoms with Crippen molar-refractivity contribution in [2.75, 3.05) is 0 Å². The van der Waals surface area contributed by atoms with E-state index in [1.165, 1.54) is 32.1 Å². The Morgan fingerprint density at radius 2 is 1.67 bits per heavy atom. The molecule has 0 aliphatic heterocycles. The molecular formula is C15H31. The predicted octanol–water partition coefficient (Wildman–Crippen LogP) is 5.48. The maximum Gasteiger partial charge on any atom is -0.0272 e.